The van der Waals surface area contributed by atoms with Crippen LogP contribution in [0.4, 0.5) is 0 Å². The SMILES string of the molecule is S=C(N/N=C/c1ccnnc1)N1CCCC1. The average molecular weight is 235 g/mol. The molecule has 6 heteroatoms. The Morgan fingerprint density at radius 1 is 1.44 bits per heavy atom. The molecule has 1 aromatic rings. The molecule has 84 valence electrons. The molecule has 1 fully saturated rings. The van der Waals surface area contributed by atoms with Crippen LogP contribution >= 0.6 is 12.2 Å². The van der Waals surface area contributed by atoms with Gasteiger partial charge in [0.25, 0.3) is 0 Å². The lowest BCUT2D eigenvalue weighted by atomic mass is 10.3. The fourth-order valence-electron chi connectivity index (χ4n) is 1.53. The Morgan fingerprint density at radius 3 is 2.94 bits per heavy atom. The smallest absolute Gasteiger partial charge is 0.189 e. The summed E-state index contributed by atoms with van der Waals surface area (Å²) >= 11 is 5.20. The van der Waals surface area contributed by atoms with Crippen molar-refractivity contribution in [3.8, 4) is 0 Å². The summed E-state index contributed by atoms with van der Waals surface area (Å²) in [6, 6.07) is 1.83. The van der Waals surface area contributed by atoms with Gasteiger partial charge in [-0.1, -0.05) is 0 Å². The predicted molar refractivity (Wildman–Crippen MR) is 66.2 cm³/mol. The lowest BCUT2D eigenvalue weighted by molar-refractivity contribution is 0.509. The monoisotopic (exact) mass is 235 g/mol. The van der Waals surface area contributed by atoms with Gasteiger partial charge in [-0.05, 0) is 31.1 Å². The minimum Gasteiger partial charge on any atom is -0.348 e. The van der Waals surface area contributed by atoms with Crippen molar-refractivity contribution in [1.29, 1.82) is 0 Å². The Kier molecular flexibility index (Phi) is 3.76. The van der Waals surface area contributed by atoms with Gasteiger partial charge in [-0.3, -0.25) is 5.43 Å². The van der Waals surface area contributed by atoms with E-state index in [4.69, 9.17) is 12.2 Å². The fraction of sp³-hybridized carbons (Fsp3) is 0.400. The molecular weight excluding hydrogens is 222 g/mol. The van der Waals surface area contributed by atoms with Crippen molar-refractivity contribution in [3.05, 3.63) is 24.0 Å². The van der Waals surface area contributed by atoms with Gasteiger partial charge in [0.1, 0.15) is 0 Å². The molecule has 1 N–H and O–H groups in total. The van der Waals surface area contributed by atoms with Crippen molar-refractivity contribution in [2.24, 2.45) is 5.10 Å². The number of aromatic nitrogens is 2. The lowest BCUT2D eigenvalue weighted by Crippen LogP contribution is -2.34. The molecule has 5 nitrogen and oxygen atoms in total. The molecule has 2 heterocycles. The summed E-state index contributed by atoms with van der Waals surface area (Å²) in [6.07, 6.45) is 7.36. The number of nitrogens with zero attached hydrogens (tertiary/aromatic N) is 4. The second-order valence-electron chi connectivity index (χ2n) is 3.55. The van der Waals surface area contributed by atoms with Crippen molar-refractivity contribution < 1.29 is 0 Å². The van der Waals surface area contributed by atoms with E-state index < -0.39 is 0 Å². The maximum atomic E-state index is 5.20. The van der Waals surface area contributed by atoms with Crippen molar-refractivity contribution in [2.45, 2.75) is 12.8 Å². The number of thiocarbonyl (C=S) groups is 1. The van der Waals surface area contributed by atoms with Crippen LogP contribution < -0.4 is 5.43 Å². The Hall–Kier alpha value is -1.56. The van der Waals surface area contributed by atoms with Crippen LogP contribution in [0.5, 0.6) is 0 Å². The Balaban J connectivity index is 1.82. The Labute approximate surface area is 99.6 Å². The van der Waals surface area contributed by atoms with E-state index in [1.807, 2.05) is 6.07 Å². The maximum Gasteiger partial charge on any atom is 0.189 e. The molecular formula is C10H13N5S. The highest BCUT2D eigenvalue weighted by Gasteiger charge is 2.13. The normalized spacial score (nSPS) is 15.6. The number of hydrogen-bond donors (Lipinski definition) is 1. The molecule has 16 heavy (non-hydrogen) atoms. The molecule has 0 bridgehead atoms. The molecule has 0 atom stereocenters. The first-order valence-electron chi connectivity index (χ1n) is 5.21. The molecule has 0 aliphatic carbocycles. The van der Waals surface area contributed by atoms with Crippen LogP contribution in [0.2, 0.25) is 0 Å². The average Bonchev–Trinajstić information content (AvgIpc) is 2.84. The molecule has 2 rings (SSSR count). The summed E-state index contributed by atoms with van der Waals surface area (Å²) in [5.41, 5.74) is 3.75. The summed E-state index contributed by atoms with van der Waals surface area (Å²) in [4.78, 5) is 2.12. The molecule has 0 spiro atoms. The molecule has 0 aromatic carbocycles. The third kappa shape index (κ3) is 2.96. The van der Waals surface area contributed by atoms with E-state index in [-0.39, 0.29) is 0 Å². The molecule has 1 aliphatic heterocycles. The predicted octanol–water partition coefficient (Wildman–Crippen LogP) is 0.781. The number of rotatable bonds is 2. The minimum absolute atomic E-state index is 0.691. The van der Waals surface area contributed by atoms with Gasteiger partial charge < -0.3 is 4.90 Å². The van der Waals surface area contributed by atoms with E-state index in [1.165, 1.54) is 12.8 Å². The van der Waals surface area contributed by atoms with E-state index in [0.717, 1.165) is 18.7 Å². The molecule has 0 amide bonds. The Morgan fingerprint density at radius 2 is 2.25 bits per heavy atom. The maximum absolute atomic E-state index is 5.20. The second kappa shape index (κ2) is 5.50. The molecule has 1 aromatic heterocycles. The zero-order valence-corrected chi connectivity index (χ0v) is 9.65. The summed E-state index contributed by atoms with van der Waals surface area (Å²) < 4.78 is 0. The van der Waals surface area contributed by atoms with Crippen LogP contribution in [0.15, 0.2) is 23.6 Å². The summed E-state index contributed by atoms with van der Waals surface area (Å²) in [5.74, 6) is 0. The summed E-state index contributed by atoms with van der Waals surface area (Å²) in [6.45, 7) is 2.05. The first-order valence-corrected chi connectivity index (χ1v) is 5.62. The van der Waals surface area contributed by atoms with Crippen molar-refractivity contribution >= 4 is 23.5 Å². The molecule has 1 saturated heterocycles. The third-order valence-electron chi connectivity index (χ3n) is 2.37. The third-order valence-corrected chi connectivity index (χ3v) is 2.72. The topological polar surface area (TPSA) is 53.4 Å². The van der Waals surface area contributed by atoms with Gasteiger partial charge >= 0.3 is 0 Å². The highest BCUT2D eigenvalue weighted by atomic mass is 32.1. The van der Waals surface area contributed by atoms with Crippen LogP contribution in [0.3, 0.4) is 0 Å². The van der Waals surface area contributed by atoms with Gasteiger partial charge in [-0.15, -0.1) is 0 Å². The van der Waals surface area contributed by atoms with E-state index >= 15 is 0 Å². The number of hydrogen-bond acceptors (Lipinski definition) is 4. The standard InChI is InChI=1S/C10H13N5S/c16-10(15-5-1-2-6-15)14-13-8-9-3-4-11-12-7-9/h3-4,7-8H,1-2,5-6H2,(H,14,16)/b13-8+. The summed E-state index contributed by atoms with van der Waals surface area (Å²) in [5, 5.41) is 12.2. The zero-order valence-electron chi connectivity index (χ0n) is 8.83. The van der Waals surface area contributed by atoms with Gasteiger partial charge in [-0.2, -0.15) is 15.3 Å². The minimum atomic E-state index is 0.691. The van der Waals surface area contributed by atoms with Gasteiger partial charge in [0.2, 0.25) is 0 Å². The van der Waals surface area contributed by atoms with E-state index in [0.29, 0.717) is 5.11 Å². The van der Waals surface area contributed by atoms with Crippen molar-refractivity contribution in [2.75, 3.05) is 13.1 Å². The fourth-order valence-corrected chi connectivity index (χ4v) is 1.77. The molecule has 1 aliphatic rings. The quantitative estimate of drug-likeness (QED) is 0.466. The first-order chi connectivity index (χ1) is 7.86. The number of hydrazone groups is 1. The molecule has 0 radical (unpaired) electrons. The largest absolute Gasteiger partial charge is 0.348 e. The van der Waals surface area contributed by atoms with Crippen LogP contribution in [0.1, 0.15) is 18.4 Å². The van der Waals surface area contributed by atoms with E-state index in [9.17, 15) is 0 Å². The van der Waals surface area contributed by atoms with Gasteiger partial charge in [0.15, 0.2) is 5.11 Å². The van der Waals surface area contributed by atoms with E-state index in [1.54, 1.807) is 18.6 Å². The first kappa shape index (κ1) is 10.9. The highest BCUT2D eigenvalue weighted by molar-refractivity contribution is 7.80. The molecule has 0 saturated carbocycles. The Bertz CT molecular complexity index is 372. The van der Waals surface area contributed by atoms with Crippen LogP contribution in [-0.4, -0.2) is 39.5 Å². The van der Waals surface area contributed by atoms with Crippen molar-refractivity contribution in [3.63, 3.8) is 0 Å². The van der Waals surface area contributed by atoms with Gasteiger partial charge in [0, 0.05) is 18.7 Å². The number of likely N-dealkylation sites (tertiary alicyclic amines) is 1. The lowest BCUT2D eigenvalue weighted by Gasteiger charge is -2.16. The van der Waals surface area contributed by atoms with E-state index in [2.05, 4.69) is 25.6 Å². The van der Waals surface area contributed by atoms with Crippen LogP contribution in [-0.2, 0) is 0 Å². The number of nitrogens with one attached hydrogen (secondary N) is 1. The van der Waals surface area contributed by atoms with Crippen LogP contribution in [0.25, 0.3) is 0 Å². The van der Waals surface area contributed by atoms with Crippen LogP contribution in [0, 0.1) is 0 Å². The highest BCUT2D eigenvalue weighted by Crippen LogP contribution is 2.06. The van der Waals surface area contributed by atoms with Gasteiger partial charge in [-0.25, -0.2) is 0 Å². The van der Waals surface area contributed by atoms with Gasteiger partial charge in [0.05, 0.1) is 18.6 Å². The van der Waals surface area contributed by atoms with Crippen molar-refractivity contribution in [1.82, 2.24) is 20.5 Å². The second-order valence-corrected chi connectivity index (χ2v) is 3.93. The molecule has 0 unspecified atom stereocenters. The summed E-state index contributed by atoms with van der Waals surface area (Å²) in [7, 11) is 0. The zero-order chi connectivity index (χ0) is 11.2.